The summed E-state index contributed by atoms with van der Waals surface area (Å²) in [7, 11) is 0. The molecule has 1 aliphatic rings. The van der Waals surface area contributed by atoms with Crippen LogP contribution in [0.1, 0.15) is 10.4 Å². The molecule has 0 amide bonds. The van der Waals surface area contributed by atoms with E-state index in [1.165, 1.54) is 11.3 Å². The van der Waals surface area contributed by atoms with Gasteiger partial charge in [0.25, 0.3) is 0 Å². The van der Waals surface area contributed by atoms with E-state index in [-0.39, 0.29) is 6.79 Å². The molecule has 2 heterocycles. The molecule has 0 bridgehead atoms. The van der Waals surface area contributed by atoms with Gasteiger partial charge in [0, 0.05) is 18.0 Å². The van der Waals surface area contributed by atoms with Crippen LogP contribution in [0.3, 0.4) is 0 Å². The highest BCUT2D eigenvalue weighted by molar-refractivity contribution is 7.10. The van der Waals surface area contributed by atoms with E-state index < -0.39 is 5.97 Å². The van der Waals surface area contributed by atoms with Gasteiger partial charge in [0.05, 0.1) is 5.57 Å². The number of carboxylic acids is 1. The van der Waals surface area contributed by atoms with Crippen LogP contribution in [0.2, 0.25) is 0 Å². The van der Waals surface area contributed by atoms with Gasteiger partial charge in [-0.05, 0) is 35.2 Å². The van der Waals surface area contributed by atoms with Gasteiger partial charge in [0.1, 0.15) is 0 Å². The van der Waals surface area contributed by atoms with E-state index in [0.29, 0.717) is 18.7 Å². The van der Waals surface area contributed by atoms with E-state index >= 15 is 0 Å². The van der Waals surface area contributed by atoms with Crippen LogP contribution in [0, 0.1) is 0 Å². The van der Waals surface area contributed by atoms with E-state index in [1.807, 2.05) is 35.7 Å². The number of ether oxygens (including phenoxy) is 2. The normalized spacial score (nSPS) is 13.4. The topological polar surface area (TPSA) is 67.8 Å². The summed E-state index contributed by atoms with van der Waals surface area (Å²) in [5, 5.41) is 14.3. The maximum absolute atomic E-state index is 11.3. The second-order valence-corrected chi connectivity index (χ2v) is 5.76. The van der Waals surface area contributed by atoms with Crippen LogP contribution in [-0.4, -0.2) is 24.4 Å². The van der Waals surface area contributed by atoms with Crippen LogP contribution in [0.15, 0.2) is 41.3 Å². The number of fused-ring (bicyclic) bond motifs is 1. The van der Waals surface area contributed by atoms with Crippen LogP contribution < -0.4 is 14.8 Å². The zero-order chi connectivity index (χ0) is 15.4. The molecule has 0 fully saturated rings. The number of thiophene rings is 1. The van der Waals surface area contributed by atoms with E-state index in [9.17, 15) is 9.90 Å². The number of rotatable bonds is 6. The number of aliphatic carboxylic acids is 1. The molecular weight excluding hydrogens is 302 g/mol. The monoisotopic (exact) mass is 317 g/mol. The Balaban J connectivity index is 1.60. The van der Waals surface area contributed by atoms with E-state index in [1.54, 1.807) is 6.08 Å². The summed E-state index contributed by atoms with van der Waals surface area (Å²) in [5.41, 5.74) is 1.35. The smallest absolute Gasteiger partial charge is 0.332 e. The molecule has 0 unspecified atom stereocenters. The van der Waals surface area contributed by atoms with Crippen molar-refractivity contribution in [2.75, 3.05) is 13.3 Å². The molecule has 1 aromatic carbocycles. The molecule has 0 aliphatic carbocycles. The van der Waals surface area contributed by atoms with Crippen LogP contribution >= 0.6 is 11.3 Å². The lowest BCUT2D eigenvalue weighted by Gasteiger charge is -2.06. The molecule has 2 N–H and O–H groups in total. The Labute approximate surface area is 131 Å². The minimum absolute atomic E-state index is 0.249. The Morgan fingerprint density at radius 3 is 2.95 bits per heavy atom. The predicted octanol–water partition coefficient (Wildman–Crippen LogP) is 2.73. The minimum atomic E-state index is -0.911. The molecule has 5 nitrogen and oxygen atoms in total. The Morgan fingerprint density at radius 2 is 2.18 bits per heavy atom. The molecule has 0 saturated heterocycles. The lowest BCUT2D eigenvalue weighted by molar-refractivity contribution is -0.132. The molecule has 6 heteroatoms. The van der Waals surface area contributed by atoms with Gasteiger partial charge in [-0.2, -0.15) is 0 Å². The van der Waals surface area contributed by atoms with Crippen LogP contribution in [-0.2, 0) is 11.3 Å². The largest absolute Gasteiger partial charge is 0.478 e. The number of hydrogen-bond acceptors (Lipinski definition) is 5. The third-order valence-corrected chi connectivity index (χ3v) is 4.04. The summed E-state index contributed by atoms with van der Waals surface area (Å²) < 4.78 is 10.6. The molecule has 0 spiro atoms. The number of nitrogens with one attached hydrogen (secondary N) is 1. The van der Waals surface area contributed by atoms with Crippen molar-refractivity contribution in [1.82, 2.24) is 5.32 Å². The van der Waals surface area contributed by atoms with Crippen LogP contribution in [0.25, 0.3) is 6.08 Å². The average molecular weight is 317 g/mol. The maximum Gasteiger partial charge on any atom is 0.332 e. The molecule has 22 heavy (non-hydrogen) atoms. The molecule has 1 aromatic heterocycles. The molecule has 2 aromatic rings. The summed E-state index contributed by atoms with van der Waals surface area (Å²) in [5.74, 6) is 0.561. The third-order valence-electron chi connectivity index (χ3n) is 3.22. The number of carboxylic acid groups (broad SMARTS) is 1. The fraction of sp³-hybridized carbons (Fsp3) is 0.188. The van der Waals surface area contributed by atoms with Gasteiger partial charge in [-0.3, -0.25) is 0 Å². The highest BCUT2D eigenvalue weighted by Gasteiger charge is 2.13. The molecule has 1 aliphatic heterocycles. The minimum Gasteiger partial charge on any atom is -0.478 e. The summed E-state index contributed by atoms with van der Waals surface area (Å²) >= 11 is 1.51. The Hall–Kier alpha value is -2.31. The second kappa shape index (κ2) is 6.64. The van der Waals surface area contributed by atoms with Gasteiger partial charge in [0.15, 0.2) is 11.5 Å². The fourth-order valence-corrected chi connectivity index (χ4v) is 2.81. The number of hydrogen-bond donors (Lipinski definition) is 2. The standard InChI is InChI=1S/C16H15NO4S/c18-16(19)12(7-13-2-1-5-22-13)9-17-8-11-3-4-14-15(6-11)21-10-20-14/h1-7,17H,8-10H2,(H,18,19). The lowest BCUT2D eigenvalue weighted by Crippen LogP contribution is -2.20. The van der Waals surface area contributed by atoms with Gasteiger partial charge in [-0.15, -0.1) is 11.3 Å². The average Bonchev–Trinajstić information content (AvgIpc) is 3.16. The third kappa shape index (κ3) is 3.47. The van der Waals surface area contributed by atoms with E-state index in [4.69, 9.17) is 9.47 Å². The van der Waals surface area contributed by atoms with Gasteiger partial charge >= 0.3 is 5.97 Å². The Bertz CT molecular complexity index is 694. The van der Waals surface area contributed by atoms with E-state index in [0.717, 1.165) is 21.9 Å². The molecule has 0 atom stereocenters. The fourth-order valence-electron chi connectivity index (χ4n) is 2.13. The quantitative estimate of drug-likeness (QED) is 0.802. The molecular formula is C16H15NO4S. The van der Waals surface area contributed by atoms with Crippen molar-refractivity contribution >= 4 is 23.4 Å². The van der Waals surface area contributed by atoms with Gasteiger partial charge in [-0.25, -0.2) is 4.79 Å². The zero-order valence-corrected chi connectivity index (χ0v) is 12.6. The predicted molar refractivity (Wildman–Crippen MR) is 84.2 cm³/mol. The Kier molecular flexibility index (Phi) is 4.41. The summed E-state index contributed by atoms with van der Waals surface area (Å²) in [6, 6.07) is 9.49. The summed E-state index contributed by atoms with van der Waals surface area (Å²) in [6.07, 6.45) is 1.69. The first kappa shape index (κ1) is 14.6. The molecule has 3 rings (SSSR count). The van der Waals surface area contributed by atoms with Gasteiger partial charge in [-0.1, -0.05) is 12.1 Å². The first-order valence-corrected chi connectivity index (χ1v) is 7.67. The number of carbonyl (C=O) groups is 1. The lowest BCUT2D eigenvalue weighted by atomic mass is 10.2. The molecule has 114 valence electrons. The highest BCUT2D eigenvalue weighted by atomic mass is 32.1. The first-order chi connectivity index (χ1) is 10.7. The molecule has 0 radical (unpaired) electrons. The zero-order valence-electron chi connectivity index (χ0n) is 11.7. The van der Waals surface area contributed by atoms with Crippen molar-refractivity contribution in [2.24, 2.45) is 0 Å². The van der Waals surface area contributed by atoms with Crippen molar-refractivity contribution in [3.8, 4) is 11.5 Å². The van der Waals surface area contributed by atoms with Crippen molar-refractivity contribution in [3.05, 3.63) is 51.7 Å². The van der Waals surface area contributed by atoms with Crippen molar-refractivity contribution in [3.63, 3.8) is 0 Å². The molecule has 0 saturated carbocycles. The maximum atomic E-state index is 11.3. The van der Waals surface area contributed by atoms with Crippen molar-refractivity contribution in [1.29, 1.82) is 0 Å². The first-order valence-electron chi connectivity index (χ1n) is 6.79. The van der Waals surface area contributed by atoms with E-state index in [2.05, 4.69) is 5.32 Å². The van der Waals surface area contributed by atoms with Gasteiger partial charge in [0.2, 0.25) is 6.79 Å². The number of benzene rings is 1. The van der Waals surface area contributed by atoms with Crippen molar-refractivity contribution < 1.29 is 19.4 Å². The van der Waals surface area contributed by atoms with Crippen LogP contribution in [0.5, 0.6) is 11.5 Å². The van der Waals surface area contributed by atoms with Gasteiger partial charge < -0.3 is 19.9 Å². The Morgan fingerprint density at radius 1 is 1.32 bits per heavy atom. The van der Waals surface area contributed by atoms with Crippen LogP contribution in [0.4, 0.5) is 0 Å². The highest BCUT2D eigenvalue weighted by Crippen LogP contribution is 2.32. The summed E-state index contributed by atoms with van der Waals surface area (Å²) in [4.78, 5) is 12.2. The van der Waals surface area contributed by atoms with Crippen molar-refractivity contribution in [2.45, 2.75) is 6.54 Å². The second-order valence-electron chi connectivity index (χ2n) is 4.78. The summed E-state index contributed by atoms with van der Waals surface area (Å²) in [6.45, 7) is 1.10. The SMILES string of the molecule is O=C(O)C(=Cc1cccs1)CNCc1ccc2c(c1)OCO2.